The summed E-state index contributed by atoms with van der Waals surface area (Å²) in [5.41, 5.74) is 7.24. The summed E-state index contributed by atoms with van der Waals surface area (Å²) in [5.74, 6) is -0.851. The Labute approximate surface area is 188 Å². The number of carbonyl (C=O) groups excluding carboxylic acids is 2. The lowest BCUT2D eigenvalue weighted by Crippen LogP contribution is -2.47. The van der Waals surface area contributed by atoms with Crippen LogP contribution in [-0.4, -0.2) is 33.8 Å². The molecule has 0 saturated carbocycles. The maximum atomic E-state index is 14.1. The number of hydrogen-bond acceptors (Lipinski definition) is 5. The third kappa shape index (κ3) is 6.54. The molecule has 8 heteroatoms. The number of hydrogen-bond donors (Lipinski definition) is 3. The minimum atomic E-state index is -0.588. The van der Waals surface area contributed by atoms with Gasteiger partial charge in [0, 0.05) is 12.1 Å². The number of nitrogens with one attached hydrogen (secondary N) is 1. The van der Waals surface area contributed by atoms with Gasteiger partial charge in [0.05, 0.1) is 19.0 Å². The van der Waals surface area contributed by atoms with E-state index in [2.05, 4.69) is 10.3 Å². The normalized spacial score (nSPS) is 15.7. The van der Waals surface area contributed by atoms with Gasteiger partial charge in [-0.1, -0.05) is 39.8 Å². The molecule has 32 heavy (non-hydrogen) atoms. The fraction of sp³-hybridized carbons (Fsp3) is 0.375. The number of amides is 2. The van der Waals surface area contributed by atoms with Gasteiger partial charge in [0.25, 0.3) is 5.91 Å². The molecule has 2 aromatic rings. The predicted octanol–water partition coefficient (Wildman–Crippen LogP) is 3.56. The molecule has 2 aromatic carbocycles. The second kappa shape index (κ2) is 11.3. The third-order valence-electron chi connectivity index (χ3n) is 4.95. The number of phenolic OH excluding ortho intramolecular Hbond substituents is 1. The molecule has 3 rings (SSSR count). The second-order valence-corrected chi connectivity index (χ2v) is 7.68. The number of guanidine groups is 1. The zero-order valence-corrected chi connectivity index (χ0v) is 18.9. The van der Waals surface area contributed by atoms with Gasteiger partial charge in [0.15, 0.2) is 5.96 Å². The first-order chi connectivity index (χ1) is 15.2. The van der Waals surface area contributed by atoms with Crippen molar-refractivity contribution in [1.82, 2.24) is 10.2 Å². The highest BCUT2D eigenvalue weighted by Crippen LogP contribution is 2.20. The van der Waals surface area contributed by atoms with E-state index in [9.17, 15) is 19.1 Å². The molecule has 0 radical (unpaired) electrons. The van der Waals surface area contributed by atoms with E-state index >= 15 is 0 Å². The van der Waals surface area contributed by atoms with E-state index in [0.29, 0.717) is 11.1 Å². The summed E-state index contributed by atoms with van der Waals surface area (Å²) in [7, 11) is 0. The van der Waals surface area contributed by atoms with E-state index in [1.165, 1.54) is 29.2 Å². The molecular formula is C24H31FN4O3. The Morgan fingerprint density at radius 2 is 1.97 bits per heavy atom. The van der Waals surface area contributed by atoms with Crippen molar-refractivity contribution >= 4 is 17.8 Å². The topological polar surface area (TPSA) is 108 Å². The van der Waals surface area contributed by atoms with Crippen molar-refractivity contribution in [1.29, 1.82) is 0 Å². The highest BCUT2D eigenvalue weighted by molar-refractivity contribution is 5.98. The van der Waals surface area contributed by atoms with Crippen LogP contribution in [0.1, 0.15) is 55.6 Å². The molecule has 4 N–H and O–H groups in total. The smallest absolute Gasteiger partial charge is 0.251 e. The number of aromatic hydroxyl groups is 1. The minimum Gasteiger partial charge on any atom is -0.508 e. The predicted molar refractivity (Wildman–Crippen MR) is 122 cm³/mol. The van der Waals surface area contributed by atoms with Gasteiger partial charge in [-0.05, 0) is 47.4 Å². The Kier molecular flexibility index (Phi) is 8.75. The fourth-order valence-electron chi connectivity index (χ4n) is 3.26. The number of halogens is 1. The number of nitrogens with two attached hydrogens (primary N) is 1. The van der Waals surface area contributed by atoms with Crippen LogP contribution in [0.3, 0.4) is 0 Å². The van der Waals surface area contributed by atoms with Crippen molar-refractivity contribution in [2.24, 2.45) is 16.6 Å². The molecular weight excluding hydrogens is 411 g/mol. The van der Waals surface area contributed by atoms with Gasteiger partial charge in [0.2, 0.25) is 5.91 Å². The molecule has 1 aliphatic heterocycles. The van der Waals surface area contributed by atoms with Crippen LogP contribution in [0, 0.1) is 11.7 Å². The molecule has 172 valence electrons. The van der Waals surface area contributed by atoms with Crippen LogP contribution >= 0.6 is 0 Å². The van der Waals surface area contributed by atoms with Crippen LogP contribution in [0.5, 0.6) is 5.75 Å². The number of benzene rings is 2. The van der Waals surface area contributed by atoms with Gasteiger partial charge in [-0.25, -0.2) is 9.38 Å². The standard InChI is InChI=1S/C22H25FN4O3.C2H6/c1-13(2)19-10-20(29)27(22(24)26-19)12-15-6-16(9-17(23)7-15)21(30)25-11-14-4-3-5-18(28)8-14;1-2/h3-9,13,19,28H,10-12H2,1-2H3,(H2,24,26)(H,25,30);1-2H3. The van der Waals surface area contributed by atoms with Crippen molar-refractivity contribution in [3.63, 3.8) is 0 Å². The number of phenols is 1. The first-order valence-corrected chi connectivity index (χ1v) is 10.7. The van der Waals surface area contributed by atoms with Crippen LogP contribution in [0.4, 0.5) is 4.39 Å². The average Bonchev–Trinajstić information content (AvgIpc) is 2.75. The van der Waals surface area contributed by atoms with Crippen molar-refractivity contribution in [2.45, 2.75) is 53.2 Å². The number of rotatable bonds is 6. The van der Waals surface area contributed by atoms with E-state index < -0.39 is 11.7 Å². The number of nitrogens with zero attached hydrogens (tertiary/aromatic N) is 2. The molecule has 1 heterocycles. The minimum absolute atomic E-state index is 0.0313. The Hall–Kier alpha value is -3.42. The van der Waals surface area contributed by atoms with Gasteiger partial charge in [-0.3, -0.25) is 14.5 Å². The average molecular weight is 443 g/mol. The molecule has 7 nitrogen and oxygen atoms in total. The third-order valence-corrected chi connectivity index (χ3v) is 4.95. The van der Waals surface area contributed by atoms with Crippen LogP contribution in [0.25, 0.3) is 0 Å². The Balaban J connectivity index is 0.00000176. The van der Waals surface area contributed by atoms with Gasteiger partial charge >= 0.3 is 0 Å². The zero-order valence-electron chi connectivity index (χ0n) is 18.9. The number of carbonyl (C=O) groups is 2. The summed E-state index contributed by atoms with van der Waals surface area (Å²) in [6, 6.07) is 10.2. The molecule has 2 amide bonds. The molecule has 1 atom stereocenters. The SMILES string of the molecule is CC.CC(C)C1CC(=O)N(Cc2cc(F)cc(C(=O)NCc3cccc(O)c3)c2)C(N)=N1. The van der Waals surface area contributed by atoms with Crippen molar-refractivity contribution in [3.05, 3.63) is 65.0 Å². The Morgan fingerprint density at radius 1 is 1.25 bits per heavy atom. The Morgan fingerprint density at radius 3 is 2.59 bits per heavy atom. The molecule has 0 saturated heterocycles. The lowest BCUT2D eigenvalue weighted by atomic mass is 9.99. The van der Waals surface area contributed by atoms with Crippen LogP contribution in [0.15, 0.2) is 47.5 Å². The summed E-state index contributed by atoms with van der Waals surface area (Å²) >= 11 is 0. The van der Waals surface area contributed by atoms with E-state index in [0.717, 1.165) is 6.07 Å². The zero-order chi connectivity index (χ0) is 23.8. The summed E-state index contributed by atoms with van der Waals surface area (Å²) < 4.78 is 14.1. The molecule has 0 aliphatic carbocycles. The van der Waals surface area contributed by atoms with E-state index in [1.54, 1.807) is 12.1 Å². The molecule has 1 unspecified atom stereocenters. The summed E-state index contributed by atoms with van der Waals surface area (Å²) in [5, 5.41) is 12.2. The largest absolute Gasteiger partial charge is 0.508 e. The first-order valence-electron chi connectivity index (χ1n) is 10.7. The van der Waals surface area contributed by atoms with Crippen LogP contribution in [-0.2, 0) is 17.9 Å². The van der Waals surface area contributed by atoms with E-state index in [4.69, 9.17) is 5.73 Å². The van der Waals surface area contributed by atoms with Crippen LogP contribution in [0.2, 0.25) is 0 Å². The lowest BCUT2D eigenvalue weighted by Gasteiger charge is -2.30. The number of aliphatic imine (C=N–C) groups is 1. The molecule has 0 spiro atoms. The Bertz CT molecular complexity index is 991. The van der Waals surface area contributed by atoms with Crippen molar-refractivity contribution in [2.75, 3.05) is 0 Å². The quantitative estimate of drug-likeness (QED) is 0.636. The maximum absolute atomic E-state index is 14.1. The second-order valence-electron chi connectivity index (χ2n) is 7.68. The molecule has 0 aromatic heterocycles. The van der Waals surface area contributed by atoms with Crippen LogP contribution < -0.4 is 11.1 Å². The monoisotopic (exact) mass is 442 g/mol. The summed E-state index contributed by atoms with van der Waals surface area (Å²) in [4.78, 5) is 30.6. The highest BCUT2D eigenvalue weighted by atomic mass is 19.1. The van der Waals surface area contributed by atoms with Crippen molar-refractivity contribution in [3.8, 4) is 5.75 Å². The van der Waals surface area contributed by atoms with E-state index in [1.807, 2.05) is 27.7 Å². The van der Waals surface area contributed by atoms with E-state index in [-0.39, 0.29) is 54.6 Å². The molecule has 1 aliphatic rings. The van der Waals surface area contributed by atoms with Gasteiger partial charge in [-0.2, -0.15) is 0 Å². The van der Waals surface area contributed by atoms with Crippen molar-refractivity contribution < 1.29 is 19.1 Å². The van der Waals surface area contributed by atoms with Gasteiger partial charge < -0.3 is 16.2 Å². The summed E-state index contributed by atoms with van der Waals surface area (Å²) in [6.45, 7) is 8.15. The molecule has 0 fully saturated rings. The van der Waals surface area contributed by atoms with Gasteiger partial charge in [0.1, 0.15) is 11.6 Å². The molecule has 0 bridgehead atoms. The lowest BCUT2D eigenvalue weighted by molar-refractivity contribution is -0.129. The first kappa shape index (κ1) is 24.8. The highest BCUT2D eigenvalue weighted by Gasteiger charge is 2.29. The summed E-state index contributed by atoms with van der Waals surface area (Å²) in [6.07, 6.45) is 0.241. The van der Waals surface area contributed by atoms with Gasteiger partial charge in [-0.15, -0.1) is 0 Å². The fourth-order valence-corrected chi connectivity index (χ4v) is 3.26. The maximum Gasteiger partial charge on any atom is 0.251 e.